The van der Waals surface area contributed by atoms with Crippen LogP contribution in [-0.4, -0.2) is 40.9 Å². The first-order chi connectivity index (χ1) is 13.9. The van der Waals surface area contributed by atoms with Crippen LogP contribution in [0.25, 0.3) is 11.1 Å². The van der Waals surface area contributed by atoms with Gasteiger partial charge in [-0.1, -0.05) is 12.1 Å². The molecule has 8 heteroatoms. The van der Waals surface area contributed by atoms with Gasteiger partial charge in [0.1, 0.15) is 5.75 Å². The van der Waals surface area contributed by atoms with Crippen molar-refractivity contribution in [3.63, 3.8) is 0 Å². The van der Waals surface area contributed by atoms with Crippen LogP contribution >= 0.6 is 0 Å². The number of ether oxygens (including phenoxy) is 1. The maximum atomic E-state index is 13.2. The number of aryl methyl sites for hydroxylation is 2. The van der Waals surface area contributed by atoms with Gasteiger partial charge in [-0.2, -0.15) is 4.31 Å². The molecule has 0 aliphatic carbocycles. The van der Waals surface area contributed by atoms with E-state index in [1.54, 1.807) is 18.7 Å². The molecule has 0 amide bonds. The van der Waals surface area contributed by atoms with E-state index in [0.29, 0.717) is 6.54 Å². The molecule has 1 saturated heterocycles. The highest BCUT2D eigenvalue weighted by Crippen LogP contribution is 2.37. The van der Waals surface area contributed by atoms with Crippen LogP contribution in [0, 0.1) is 6.92 Å². The molecule has 1 aromatic carbocycles. The maximum absolute atomic E-state index is 13.2. The van der Waals surface area contributed by atoms with Crippen molar-refractivity contribution in [3.05, 3.63) is 60.3 Å². The molecule has 1 fully saturated rings. The van der Waals surface area contributed by atoms with Crippen LogP contribution in [0.4, 0.5) is 0 Å². The number of sulfonamides is 1. The highest BCUT2D eigenvalue weighted by molar-refractivity contribution is 7.89. The van der Waals surface area contributed by atoms with E-state index < -0.39 is 10.0 Å². The summed E-state index contributed by atoms with van der Waals surface area (Å²) in [5.74, 6) is 0.795. The molecule has 2 aromatic heterocycles. The smallest absolute Gasteiger partial charge is 0.262 e. The van der Waals surface area contributed by atoms with Crippen LogP contribution in [-0.2, 0) is 17.1 Å². The topological polar surface area (TPSA) is 77.3 Å². The Labute approximate surface area is 171 Å². The summed E-state index contributed by atoms with van der Waals surface area (Å²) in [7, 11) is -0.270. The van der Waals surface area contributed by atoms with Gasteiger partial charge in [-0.25, -0.2) is 13.4 Å². The van der Waals surface area contributed by atoms with Gasteiger partial charge in [0.05, 0.1) is 25.2 Å². The van der Waals surface area contributed by atoms with Crippen LogP contribution in [0.3, 0.4) is 0 Å². The van der Waals surface area contributed by atoms with Crippen LogP contribution in [0.2, 0.25) is 0 Å². The number of aromatic nitrogens is 3. The average molecular weight is 413 g/mol. The highest BCUT2D eigenvalue weighted by Gasteiger charge is 2.38. The van der Waals surface area contributed by atoms with E-state index in [4.69, 9.17) is 4.74 Å². The van der Waals surface area contributed by atoms with Crippen molar-refractivity contribution in [1.82, 2.24) is 18.8 Å². The molecule has 3 aromatic rings. The Balaban J connectivity index is 1.71. The Morgan fingerprint density at radius 1 is 1.14 bits per heavy atom. The minimum absolute atomic E-state index is 0.0786. The summed E-state index contributed by atoms with van der Waals surface area (Å²) in [6, 6.07) is 11.5. The molecule has 0 unspecified atom stereocenters. The van der Waals surface area contributed by atoms with E-state index >= 15 is 0 Å². The molecular formula is C21H24N4O3S. The van der Waals surface area contributed by atoms with Crippen molar-refractivity contribution in [1.29, 1.82) is 0 Å². The third-order valence-corrected chi connectivity index (χ3v) is 6.99. The summed E-state index contributed by atoms with van der Waals surface area (Å²) < 4.78 is 34.7. The zero-order valence-corrected chi connectivity index (χ0v) is 17.6. The first-order valence-corrected chi connectivity index (χ1v) is 11.0. The van der Waals surface area contributed by atoms with Crippen molar-refractivity contribution in [2.75, 3.05) is 13.7 Å². The number of hydrogen-bond donors (Lipinski definition) is 0. The summed E-state index contributed by atoms with van der Waals surface area (Å²) in [6.07, 6.45) is 4.58. The second-order valence-electron chi connectivity index (χ2n) is 7.30. The molecule has 1 aliphatic rings. The predicted molar refractivity (Wildman–Crippen MR) is 110 cm³/mol. The van der Waals surface area contributed by atoms with Gasteiger partial charge < -0.3 is 9.30 Å². The normalized spacial score (nSPS) is 17.6. The lowest BCUT2D eigenvalue weighted by Gasteiger charge is -2.23. The Kier molecular flexibility index (Phi) is 5.14. The summed E-state index contributed by atoms with van der Waals surface area (Å²) >= 11 is 0. The summed E-state index contributed by atoms with van der Waals surface area (Å²) in [5, 5.41) is 0.0786. The molecule has 4 rings (SSSR count). The highest BCUT2D eigenvalue weighted by atomic mass is 32.2. The molecule has 0 bridgehead atoms. The molecule has 7 nitrogen and oxygen atoms in total. The first kappa shape index (κ1) is 19.6. The molecule has 1 atom stereocenters. The van der Waals surface area contributed by atoms with E-state index in [1.807, 2.05) is 43.3 Å². The fourth-order valence-electron chi connectivity index (χ4n) is 3.78. The van der Waals surface area contributed by atoms with Crippen LogP contribution in [0.15, 0.2) is 53.9 Å². The third kappa shape index (κ3) is 3.77. The molecule has 0 radical (unpaired) electrons. The lowest BCUT2D eigenvalue weighted by molar-refractivity contribution is 0.388. The van der Waals surface area contributed by atoms with Crippen molar-refractivity contribution in [2.24, 2.45) is 7.05 Å². The van der Waals surface area contributed by atoms with E-state index in [-0.39, 0.29) is 11.1 Å². The van der Waals surface area contributed by atoms with Gasteiger partial charge in [0.2, 0.25) is 0 Å². The second-order valence-corrected chi connectivity index (χ2v) is 9.14. The zero-order chi connectivity index (χ0) is 20.6. The largest absolute Gasteiger partial charge is 0.497 e. The van der Waals surface area contributed by atoms with Gasteiger partial charge in [0.15, 0.2) is 5.03 Å². The van der Waals surface area contributed by atoms with Gasteiger partial charge in [0.25, 0.3) is 10.0 Å². The first-order valence-electron chi connectivity index (χ1n) is 9.51. The average Bonchev–Trinajstić information content (AvgIpc) is 3.37. The van der Waals surface area contributed by atoms with E-state index in [2.05, 4.69) is 9.97 Å². The Bertz CT molecular complexity index is 1120. The fourth-order valence-corrected chi connectivity index (χ4v) is 5.42. The van der Waals surface area contributed by atoms with Gasteiger partial charge in [-0.3, -0.25) is 4.98 Å². The lowest BCUT2D eigenvalue weighted by Crippen LogP contribution is -2.31. The van der Waals surface area contributed by atoms with Gasteiger partial charge in [0, 0.05) is 25.5 Å². The molecule has 152 valence electrons. The van der Waals surface area contributed by atoms with E-state index in [9.17, 15) is 8.42 Å². The molecular weight excluding hydrogens is 388 g/mol. The van der Waals surface area contributed by atoms with Crippen molar-refractivity contribution >= 4 is 10.0 Å². The van der Waals surface area contributed by atoms with Gasteiger partial charge in [-0.05, 0) is 55.2 Å². The minimum atomic E-state index is -3.67. The third-order valence-electron chi connectivity index (χ3n) is 5.20. The SMILES string of the molecule is COc1ccc(-c2cc(C)nc([C@H]3CCCN3S(=O)(=O)c3cn(C)cn3)c2)cc1. The fraction of sp³-hybridized carbons (Fsp3) is 0.333. The number of rotatable bonds is 5. The molecule has 1 aliphatic heterocycles. The summed E-state index contributed by atoms with van der Waals surface area (Å²) in [4.78, 5) is 8.74. The van der Waals surface area contributed by atoms with Crippen LogP contribution in [0.1, 0.15) is 30.3 Å². The summed E-state index contributed by atoms with van der Waals surface area (Å²) in [5.41, 5.74) is 3.68. The molecule has 0 N–H and O–H groups in total. The number of nitrogens with zero attached hydrogens (tertiary/aromatic N) is 4. The predicted octanol–water partition coefficient (Wildman–Crippen LogP) is 3.32. The Morgan fingerprint density at radius 3 is 2.55 bits per heavy atom. The Morgan fingerprint density at radius 2 is 1.90 bits per heavy atom. The zero-order valence-electron chi connectivity index (χ0n) is 16.7. The van der Waals surface area contributed by atoms with Crippen molar-refractivity contribution in [2.45, 2.75) is 30.8 Å². The number of methoxy groups -OCH3 is 1. The summed E-state index contributed by atoms with van der Waals surface area (Å²) in [6.45, 7) is 2.40. The second kappa shape index (κ2) is 7.61. The van der Waals surface area contributed by atoms with Gasteiger partial charge >= 0.3 is 0 Å². The van der Waals surface area contributed by atoms with E-state index in [0.717, 1.165) is 41.1 Å². The lowest BCUT2D eigenvalue weighted by atomic mass is 10.0. The maximum Gasteiger partial charge on any atom is 0.262 e. The molecule has 0 saturated carbocycles. The number of imidazole rings is 1. The van der Waals surface area contributed by atoms with E-state index in [1.165, 1.54) is 16.8 Å². The van der Waals surface area contributed by atoms with Crippen LogP contribution < -0.4 is 4.74 Å². The minimum Gasteiger partial charge on any atom is -0.497 e. The molecule has 0 spiro atoms. The van der Waals surface area contributed by atoms with Crippen molar-refractivity contribution < 1.29 is 13.2 Å². The number of hydrogen-bond acceptors (Lipinski definition) is 5. The van der Waals surface area contributed by atoms with Crippen LogP contribution in [0.5, 0.6) is 5.75 Å². The Hall–Kier alpha value is -2.71. The van der Waals surface area contributed by atoms with Crippen molar-refractivity contribution in [3.8, 4) is 16.9 Å². The molecule has 3 heterocycles. The quantitative estimate of drug-likeness (QED) is 0.642. The van der Waals surface area contributed by atoms with Gasteiger partial charge in [-0.15, -0.1) is 0 Å². The molecule has 29 heavy (non-hydrogen) atoms. The monoisotopic (exact) mass is 412 g/mol. The standard InChI is InChI=1S/C21H24N4O3S/c1-15-11-17(16-6-8-18(28-3)9-7-16)12-19(23-15)20-5-4-10-25(20)29(26,27)21-13-24(2)14-22-21/h6-9,11-14,20H,4-5,10H2,1-3H3/t20-/m1/s1. The number of benzene rings is 1. The number of pyridine rings is 1.